The number of hydrogen-bond donors (Lipinski definition) is 2. The fourth-order valence-electron chi connectivity index (χ4n) is 3.16. The largest absolute Gasteiger partial charge is 0.376 e. The summed E-state index contributed by atoms with van der Waals surface area (Å²) < 4.78 is 6.97. The van der Waals surface area contributed by atoms with Crippen molar-refractivity contribution < 1.29 is 9.53 Å². The molecule has 144 valence electrons. The number of carbonyl (C=O) groups excluding carboxylic acids is 1. The fraction of sp³-hybridized carbons (Fsp3) is 0.421. The third-order valence-corrected chi connectivity index (χ3v) is 4.78. The van der Waals surface area contributed by atoms with Crippen molar-refractivity contribution in [1.29, 1.82) is 0 Å². The van der Waals surface area contributed by atoms with Gasteiger partial charge in [0.1, 0.15) is 6.54 Å². The lowest BCUT2D eigenvalue weighted by molar-refractivity contribution is -0.131. The molecule has 2 unspecified atom stereocenters. The molecule has 1 aromatic heterocycles. The van der Waals surface area contributed by atoms with E-state index in [1.165, 1.54) is 10.8 Å². The van der Waals surface area contributed by atoms with Crippen molar-refractivity contribution in [3.05, 3.63) is 68.5 Å². The maximum atomic E-state index is 12.5. The van der Waals surface area contributed by atoms with E-state index in [1.54, 1.807) is 11.8 Å². The van der Waals surface area contributed by atoms with Gasteiger partial charge in [-0.15, -0.1) is 0 Å². The molecule has 1 saturated heterocycles. The van der Waals surface area contributed by atoms with Crippen molar-refractivity contribution in [2.75, 3.05) is 19.7 Å². The average Bonchev–Trinajstić information content (AvgIpc) is 3.01. The summed E-state index contributed by atoms with van der Waals surface area (Å²) in [4.78, 5) is 39.6. The predicted molar refractivity (Wildman–Crippen MR) is 100 cm³/mol. The lowest BCUT2D eigenvalue weighted by Gasteiger charge is -2.17. The van der Waals surface area contributed by atoms with Gasteiger partial charge in [-0.25, -0.2) is 4.79 Å². The summed E-state index contributed by atoms with van der Waals surface area (Å²) in [5.74, 6) is -0.156. The molecule has 3 N–H and O–H groups in total. The molecule has 27 heavy (non-hydrogen) atoms. The fourth-order valence-corrected chi connectivity index (χ4v) is 3.16. The summed E-state index contributed by atoms with van der Waals surface area (Å²) in [5.41, 5.74) is 6.60. The number of nitrogens with one attached hydrogen (secondary N) is 1. The molecule has 2 heterocycles. The molecule has 2 atom stereocenters. The lowest BCUT2D eigenvalue weighted by atomic mass is 10.1. The highest BCUT2D eigenvalue weighted by Gasteiger charge is 2.33. The molecule has 0 spiro atoms. The second kappa shape index (κ2) is 8.32. The predicted octanol–water partition coefficient (Wildman–Crippen LogP) is -0.152. The van der Waals surface area contributed by atoms with Gasteiger partial charge < -0.3 is 15.4 Å². The number of amides is 1. The standard InChI is InChI=1S/C19H24N4O4/c1-13-7-23(19(26)21-18(13)25)10-17(24)22-8-15(16(20)9-22)12-27-11-14-5-3-2-4-6-14/h2-7,15-16H,8-12,20H2,1H3,(H,21,25,26). The van der Waals surface area contributed by atoms with E-state index in [0.717, 1.165) is 5.56 Å². The van der Waals surface area contributed by atoms with Gasteiger partial charge in [-0.2, -0.15) is 0 Å². The number of nitrogens with two attached hydrogens (primary N) is 1. The highest BCUT2D eigenvalue weighted by atomic mass is 16.5. The monoisotopic (exact) mass is 372 g/mol. The minimum atomic E-state index is -0.592. The summed E-state index contributed by atoms with van der Waals surface area (Å²) in [6, 6.07) is 9.69. The van der Waals surface area contributed by atoms with Gasteiger partial charge in [0.15, 0.2) is 0 Å². The first-order valence-corrected chi connectivity index (χ1v) is 8.89. The van der Waals surface area contributed by atoms with Crippen LogP contribution in [-0.2, 0) is 22.7 Å². The number of hydrogen-bond acceptors (Lipinski definition) is 5. The van der Waals surface area contributed by atoms with E-state index >= 15 is 0 Å². The molecule has 0 bridgehead atoms. The highest BCUT2D eigenvalue weighted by Crippen LogP contribution is 2.17. The molecule has 1 aliphatic heterocycles. The second-order valence-electron chi connectivity index (χ2n) is 6.92. The Balaban J connectivity index is 1.54. The van der Waals surface area contributed by atoms with E-state index in [4.69, 9.17) is 10.5 Å². The van der Waals surface area contributed by atoms with Crippen LogP contribution in [0, 0.1) is 12.8 Å². The van der Waals surface area contributed by atoms with Crippen LogP contribution in [0.2, 0.25) is 0 Å². The van der Waals surface area contributed by atoms with Crippen LogP contribution < -0.4 is 17.0 Å². The maximum Gasteiger partial charge on any atom is 0.328 e. The SMILES string of the molecule is Cc1cn(CC(=O)N2CC(N)C(COCc3ccccc3)C2)c(=O)[nH]c1=O. The molecule has 0 radical (unpaired) electrons. The molecule has 8 nitrogen and oxygen atoms in total. The Hall–Kier alpha value is -2.71. The smallest absolute Gasteiger partial charge is 0.328 e. The van der Waals surface area contributed by atoms with Gasteiger partial charge in [0, 0.05) is 36.8 Å². The number of aromatic nitrogens is 2. The number of likely N-dealkylation sites (tertiary alicyclic amines) is 1. The number of aromatic amines is 1. The van der Waals surface area contributed by atoms with Crippen LogP contribution in [0.15, 0.2) is 46.1 Å². The molecule has 8 heteroatoms. The zero-order valence-electron chi connectivity index (χ0n) is 15.3. The van der Waals surface area contributed by atoms with Crippen LogP contribution in [0.3, 0.4) is 0 Å². The second-order valence-corrected chi connectivity index (χ2v) is 6.92. The van der Waals surface area contributed by atoms with E-state index in [9.17, 15) is 14.4 Å². The summed E-state index contributed by atoms with van der Waals surface area (Å²) in [5, 5.41) is 0. The van der Waals surface area contributed by atoms with Crippen LogP contribution in [0.5, 0.6) is 0 Å². The zero-order valence-corrected chi connectivity index (χ0v) is 15.3. The van der Waals surface area contributed by atoms with Gasteiger partial charge in [0.2, 0.25) is 5.91 Å². The van der Waals surface area contributed by atoms with Crippen molar-refractivity contribution in [1.82, 2.24) is 14.5 Å². The van der Waals surface area contributed by atoms with Crippen molar-refractivity contribution in [3.63, 3.8) is 0 Å². The van der Waals surface area contributed by atoms with Crippen molar-refractivity contribution in [2.24, 2.45) is 11.7 Å². The molecule has 1 fully saturated rings. The molecular formula is C19H24N4O4. The lowest BCUT2D eigenvalue weighted by Crippen LogP contribution is -2.38. The zero-order chi connectivity index (χ0) is 19.4. The molecule has 2 aromatic rings. The van der Waals surface area contributed by atoms with Crippen molar-refractivity contribution >= 4 is 5.91 Å². The molecule has 0 aliphatic carbocycles. The summed E-state index contributed by atoms with van der Waals surface area (Å²) in [6.07, 6.45) is 1.40. The van der Waals surface area contributed by atoms with Gasteiger partial charge in [0.05, 0.1) is 13.2 Å². The van der Waals surface area contributed by atoms with E-state index in [2.05, 4.69) is 4.98 Å². The normalized spacial score (nSPS) is 19.4. The first-order chi connectivity index (χ1) is 12.9. The van der Waals surface area contributed by atoms with Gasteiger partial charge in [0.25, 0.3) is 5.56 Å². The minimum absolute atomic E-state index is 0.0479. The number of benzene rings is 1. The van der Waals surface area contributed by atoms with Gasteiger partial charge in [-0.05, 0) is 12.5 Å². The van der Waals surface area contributed by atoms with Crippen molar-refractivity contribution in [3.8, 4) is 0 Å². The topological polar surface area (TPSA) is 110 Å². The summed E-state index contributed by atoms with van der Waals surface area (Å²) in [7, 11) is 0. The van der Waals surface area contributed by atoms with Crippen LogP contribution in [-0.4, -0.2) is 46.1 Å². The van der Waals surface area contributed by atoms with Gasteiger partial charge in [-0.1, -0.05) is 30.3 Å². The number of rotatable bonds is 6. The quantitative estimate of drug-likeness (QED) is 0.733. The average molecular weight is 372 g/mol. The Morgan fingerprint density at radius 2 is 2.00 bits per heavy atom. The number of nitrogens with zero attached hydrogens (tertiary/aromatic N) is 2. The van der Waals surface area contributed by atoms with Crippen LogP contribution >= 0.6 is 0 Å². The van der Waals surface area contributed by atoms with Crippen molar-refractivity contribution in [2.45, 2.75) is 26.1 Å². The minimum Gasteiger partial charge on any atom is -0.376 e. The third-order valence-electron chi connectivity index (χ3n) is 4.78. The first-order valence-electron chi connectivity index (χ1n) is 8.89. The molecule has 1 aromatic carbocycles. The Bertz CT molecular complexity index is 906. The molecule has 1 amide bonds. The molecular weight excluding hydrogens is 348 g/mol. The van der Waals surface area contributed by atoms with E-state index < -0.39 is 11.2 Å². The Labute approximate surface area is 156 Å². The molecule has 0 saturated carbocycles. The van der Waals surface area contributed by atoms with Crippen LogP contribution in [0.1, 0.15) is 11.1 Å². The highest BCUT2D eigenvalue weighted by molar-refractivity contribution is 5.76. The van der Waals surface area contributed by atoms with Gasteiger partial charge in [-0.3, -0.25) is 19.1 Å². The summed E-state index contributed by atoms with van der Waals surface area (Å²) >= 11 is 0. The summed E-state index contributed by atoms with van der Waals surface area (Å²) in [6.45, 7) is 3.36. The number of H-pyrrole nitrogens is 1. The first kappa shape index (κ1) is 19.1. The van der Waals surface area contributed by atoms with Gasteiger partial charge >= 0.3 is 5.69 Å². The van der Waals surface area contributed by atoms with Crippen LogP contribution in [0.25, 0.3) is 0 Å². The van der Waals surface area contributed by atoms with E-state index in [1.807, 2.05) is 30.3 Å². The maximum absolute atomic E-state index is 12.5. The number of ether oxygens (including phenoxy) is 1. The Morgan fingerprint density at radius 1 is 1.26 bits per heavy atom. The van der Waals surface area contributed by atoms with E-state index in [0.29, 0.717) is 31.9 Å². The van der Waals surface area contributed by atoms with Crippen LogP contribution in [0.4, 0.5) is 0 Å². The number of aryl methyl sites for hydroxylation is 1. The molecule has 1 aliphatic rings. The van der Waals surface area contributed by atoms with E-state index in [-0.39, 0.29) is 24.4 Å². The Kier molecular flexibility index (Phi) is 5.88. The third kappa shape index (κ3) is 4.72. The molecule has 3 rings (SSSR count). The Morgan fingerprint density at radius 3 is 2.74 bits per heavy atom. The number of carbonyl (C=O) groups is 1.